The van der Waals surface area contributed by atoms with Gasteiger partial charge in [-0.25, -0.2) is 5.01 Å². The van der Waals surface area contributed by atoms with Crippen LogP contribution in [-0.2, 0) is 9.59 Å². The number of benzene rings is 2. The van der Waals surface area contributed by atoms with Gasteiger partial charge in [0.05, 0.1) is 19.4 Å². The number of nitrogens with zero attached hydrogens (tertiary/aromatic N) is 1. The van der Waals surface area contributed by atoms with Crippen molar-refractivity contribution in [1.29, 1.82) is 0 Å². The first-order valence-corrected chi connectivity index (χ1v) is 7.87. The highest BCUT2D eigenvalue weighted by Gasteiger charge is 2.34. The molecule has 1 heterocycles. The molecule has 6 nitrogen and oxygen atoms in total. The van der Waals surface area contributed by atoms with Crippen LogP contribution in [0.5, 0.6) is 11.5 Å². The summed E-state index contributed by atoms with van der Waals surface area (Å²) in [5.74, 6) is 0.313. The van der Waals surface area contributed by atoms with E-state index in [1.807, 2.05) is 13.0 Å². The van der Waals surface area contributed by atoms with Gasteiger partial charge in [0.15, 0.2) is 11.5 Å². The number of para-hydroxylation sites is 1. The Morgan fingerprint density at radius 2 is 1.84 bits per heavy atom. The fourth-order valence-electron chi connectivity index (χ4n) is 2.53. The Bertz CT molecular complexity index is 831. The Morgan fingerprint density at radius 1 is 1.08 bits per heavy atom. The molecule has 0 radical (unpaired) electrons. The van der Waals surface area contributed by atoms with Crippen LogP contribution in [0.25, 0.3) is 6.08 Å². The van der Waals surface area contributed by atoms with E-state index >= 15 is 0 Å². The molecule has 0 bridgehead atoms. The molecule has 2 aromatic rings. The van der Waals surface area contributed by atoms with E-state index in [4.69, 9.17) is 9.47 Å². The molecule has 1 aliphatic heterocycles. The van der Waals surface area contributed by atoms with Gasteiger partial charge in [-0.3, -0.25) is 15.0 Å². The van der Waals surface area contributed by atoms with Crippen LogP contribution in [0.3, 0.4) is 0 Å². The van der Waals surface area contributed by atoms with Gasteiger partial charge in [0.1, 0.15) is 5.57 Å². The average molecular weight is 338 g/mol. The summed E-state index contributed by atoms with van der Waals surface area (Å²) < 4.78 is 10.8. The van der Waals surface area contributed by atoms with E-state index in [2.05, 4.69) is 5.43 Å². The standard InChI is InChI=1S/C19H18N2O4/c1-3-25-16-10-9-13(12-17(16)24-2)11-15-18(22)20-21(19(15)23)14-7-5-4-6-8-14/h4-12H,3H2,1-2H3,(H,20,22)/b15-11-. The molecular weight excluding hydrogens is 320 g/mol. The topological polar surface area (TPSA) is 67.9 Å². The molecule has 25 heavy (non-hydrogen) atoms. The van der Waals surface area contributed by atoms with Crippen LogP contribution in [0.2, 0.25) is 0 Å². The molecule has 0 saturated carbocycles. The van der Waals surface area contributed by atoms with Gasteiger partial charge >= 0.3 is 0 Å². The lowest BCUT2D eigenvalue weighted by molar-refractivity contribution is -0.117. The van der Waals surface area contributed by atoms with Gasteiger partial charge in [-0.15, -0.1) is 0 Å². The Hall–Kier alpha value is -3.28. The molecule has 0 atom stereocenters. The normalized spacial score (nSPS) is 15.4. The van der Waals surface area contributed by atoms with Crippen molar-refractivity contribution >= 4 is 23.6 Å². The Morgan fingerprint density at radius 3 is 2.52 bits per heavy atom. The van der Waals surface area contributed by atoms with E-state index in [0.29, 0.717) is 29.4 Å². The lowest BCUT2D eigenvalue weighted by Crippen LogP contribution is -2.35. The molecule has 128 valence electrons. The zero-order chi connectivity index (χ0) is 17.8. The van der Waals surface area contributed by atoms with Crippen molar-refractivity contribution in [2.75, 3.05) is 18.7 Å². The van der Waals surface area contributed by atoms with Crippen LogP contribution < -0.4 is 19.9 Å². The van der Waals surface area contributed by atoms with Crippen LogP contribution in [0.1, 0.15) is 12.5 Å². The van der Waals surface area contributed by atoms with E-state index in [9.17, 15) is 9.59 Å². The fourth-order valence-corrected chi connectivity index (χ4v) is 2.53. The minimum atomic E-state index is -0.443. The molecule has 6 heteroatoms. The first kappa shape index (κ1) is 16.6. The smallest absolute Gasteiger partial charge is 0.282 e. The molecule has 3 rings (SSSR count). The van der Waals surface area contributed by atoms with Crippen LogP contribution in [0, 0.1) is 0 Å². The van der Waals surface area contributed by atoms with Crippen LogP contribution >= 0.6 is 0 Å². The van der Waals surface area contributed by atoms with Gasteiger partial charge in [-0.2, -0.15) is 0 Å². The van der Waals surface area contributed by atoms with Gasteiger partial charge in [0.2, 0.25) is 0 Å². The zero-order valence-electron chi connectivity index (χ0n) is 14.0. The third-order valence-corrected chi connectivity index (χ3v) is 3.70. The third-order valence-electron chi connectivity index (χ3n) is 3.70. The minimum Gasteiger partial charge on any atom is -0.493 e. The molecular formula is C19H18N2O4. The predicted octanol–water partition coefficient (Wildman–Crippen LogP) is 2.56. The van der Waals surface area contributed by atoms with E-state index in [0.717, 1.165) is 0 Å². The number of nitrogens with one attached hydrogen (secondary N) is 1. The molecule has 0 aromatic heterocycles. The third kappa shape index (κ3) is 3.33. The van der Waals surface area contributed by atoms with Crippen LogP contribution in [-0.4, -0.2) is 25.5 Å². The quantitative estimate of drug-likeness (QED) is 0.672. The highest BCUT2D eigenvalue weighted by Crippen LogP contribution is 2.29. The summed E-state index contributed by atoms with van der Waals surface area (Å²) >= 11 is 0. The summed E-state index contributed by atoms with van der Waals surface area (Å²) in [6.07, 6.45) is 1.54. The van der Waals surface area contributed by atoms with Crippen molar-refractivity contribution < 1.29 is 19.1 Å². The maximum Gasteiger partial charge on any atom is 0.282 e. The molecule has 1 N–H and O–H groups in total. The van der Waals surface area contributed by atoms with Crippen LogP contribution in [0.15, 0.2) is 54.1 Å². The number of anilines is 1. The lowest BCUT2D eigenvalue weighted by Gasteiger charge is -2.13. The molecule has 0 unspecified atom stereocenters. The van der Waals surface area contributed by atoms with Crippen molar-refractivity contribution in [3.63, 3.8) is 0 Å². The van der Waals surface area contributed by atoms with Gasteiger partial charge in [-0.05, 0) is 42.8 Å². The number of carbonyl (C=O) groups excluding carboxylic acids is 2. The molecule has 0 spiro atoms. The van der Waals surface area contributed by atoms with Gasteiger partial charge in [0, 0.05) is 0 Å². The molecule has 0 aliphatic carbocycles. The molecule has 1 saturated heterocycles. The number of amides is 2. The minimum absolute atomic E-state index is 0.0649. The number of hydrogen-bond acceptors (Lipinski definition) is 4. The Kier molecular flexibility index (Phi) is 4.70. The number of carbonyl (C=O) groups is 2. The first-order chi connectivity index (χ1) is 12.1. The number of hydrazine groups is 1. The van der Waals surface area contributed by atoms with E-state index in [1.54, 1.807) is 55.7 Å². The number of hydrogen-bond donors (Lipinski definition) is 1. The molecule has 1 fully saturated rings. The van der Waals surface area contributed by atoms with Gasteiger partial charge in [0.25, 0.3) is 11.8 Å². The monoisotopic (exact) mass is 338 g/mol. The Labute approximate surface area is 145 Å². The maximum absolute atomic E-state index is 12.6. The summed E-state index contributed by atoms with van der Waals surface area (Å²) in [5, 5.41) is 1.24. The summed E-state index contributed by atoms with van der Waals surface area (Å²) in [6, 6.07) is 14.2. The van der Waals surface area contributed by atoms with E-state index in [1.165, 1.54) is 5.01 Å². The second-order valence-electron chi connectivity index (χ2n) is 5.32. The van der Waals surface area contributed by atoms with E-state index < -0.39 is 11.8 Å². The number of rotatable bonds is 5. The average Bonchev–Trinajstić information content (AvgIpc) is 2.92. The Balaban J connectivity index is 1.91. The second kappa shape index (κ2) is 7.09. The van der Waals surface area contributed by atoms with Crippen molar-refractivity contribution in [2.24, 2.45) is 0 Å². The number of ether oxygens (including phenoxy) is 2. The summed E-state index contributed by atoms with van der Waals surface area (Å²) in [6.45, 7) is 2.40. The molecule has 2 aromatic carbocycles. The van der Waals surface area contributed by atoms with Gasteiger partial charge < -0.3 is 9.47 Å². The second-order valence-corrected chi connectivity index (χ2v) is 5.32. The predicted molar refractivity (Wildman–Crippen MR) is 94.2 cm³/mol. The largest absolute Gasteiger partial charge is 0.493 e. The van der Waals surface area contributed by atoms with Crippen molar-refractivity contribution in [3.8, 4) is 11.5 Å². The van der Waals surface area contributed by atoms with Crippen molar-refractivity contribution in [3.05, 3.63) is 59.7 Å². The highest BCUT2D eigenvalue weighted by molar-refractivity contribution is 6.31. The molecule has 2 amide bonds. The number of methoxy groups -OCH3 is 1. The highest BCUT2D eigenvalue weighted by atomic mass is 16.5. The summed E-state index contributed by atoms with van der Waals surface area (Å²) in [7, 11) is 1.54. The van der Waals surface area contributed by atoms with Crippen molar-refractivity contribution in [1.82, 2.24) is 5.43 Å². The first-order valence-electron chi connectivity index (χ1n) is 7.87. The summed E-state index contributed by atoms with van der Waals surface area (Å²) in [5.41, 5.74) is 3.92. The zero-order valence-corrected chi connectivity index (χ0v) is 14.0. The van der Waals surface area contributed by atoms with E-state index in [-0.39, 0.29) is 5.57 Å². The maximum atomic E-state index is 12.6. The summed E-state index contributed by atoms with van der Waals surface area (Å²) in [4.78, 5) is 24.8. The lowest BCUT2D eigenvalue weighted by atomic mass is 10.1. The SMILES string of the molecule is CCOc1ccc(/C=C2/C(=O)NN(c3ccccc3)C2=O)cc1OC. The van der Waals surface area contributed by atoms with Crippen LogP contribution in [0.4, 0.5) is 5.69 Å². The molecule has 1 aliphatic rings. The van der Waals surface area contributed by atoms with Crippen molar-refractivity contribution in [2.45, 2.75) is 6.92 Å². The van der Waals surface area contributed by atoms with Gasteiger partial charge in [-0.1, -0.05) is 24.3 Å². The fraction of sp³-hybridized carbons (Fsp3) is 0.158.